The topological polar surface area (TPSA) is 47.6 Å². The van der Waals surface area contributed by atoms with Crippen LogP contribution in [0.3, 0.4) is 0 Å². The molecule has 0 radical (unpaired) electrons. The molecule has 0 aliphatic carbocycles. The van der Waals surface area contributed by atoms with E-state index < -0.39 is 0 Å². The molecule has 1 unspecified atom stereocenters. The van der Waals surface area contributed by atoms with Gasteiger partial charge in [0, 0.05) is 18.9 Å². The zero-order valence-corrected chi connectivity index (χ0v) is 14.0. The molecule has 1 saturated heterocycles. The molecule has 1 aliphatic heterocycles. The highest BCUT2D eigenvalue weighted by molar-refractivity contribution is 5.79. The van der Waals surface area contributed by atoms with Crippen molar-refractivity contribution in [3.63, 3.8) is 0 Å². The quantitative estimate of drug-likeness (QED) is 0.840. The lowest BCUT2D eigenvalue weighted by molar-refractivity contribution is -0.119. The Kier molecular flexibility index (Phi) is 5.69. The highest BCUT2D eigenvalue weighted by atomic mass is 16.5. The molecule has 1 aliphatic rings. The smallest absolute Gasteiger partial charge is 0.220 e. The molecule has 0 aromatic heterocycles. The molecule has 0 saturated carbocycles. The maximum absolute atomic E-state index is 11.4. The average Bonchev–Trinajstić information content (AvgIpc) is 2.89. The third-order valence-electron chi connectivity index (χ3n) is 3.56. The number of amides is 1. The van der Waals surface area contributed by atoms with Gasteiger partial charge in [-0.25, -0.2) is 0 Å². The number of hydrogen-bond acceptors (Lipinski definition) is 3. The summed E-state index contributed by atoms with van der Waals surface area (Å²) in [6.45, 7) is 10.5. The lowest BCUT2D eigenvalue weighted by Gasteiger charge is -2.17. The van der Waals surface area contributed by atoms with Crippen molar-refractivity contribution in [1.29, 1.82) is 0 Å². The van der Waals surface area contributed by atoms with E-state index in [4.69, 9.17) is 9.47 Å². The van der Waals surface area contributed by atoms with Crippen molar-refractivity contribution in [2.24, 2.45) is 11.8 Å². The molecule has 1 heterocycles. The lowest BCUT2D eigenvalue weighted by Crippen LogP contribution is -2.13. The third kappa shape index (κ3) is 4.65. The number of carbonyl (C=O) groups is 1. The van der Waals surface area contributed by atoms with Gasteiger partial charge in [0.1, 0.15) is 0 Å². The summed E-state index contributed by atoms with van der Waals surface area (Å²) in [6.07, 6.45) is 0.551. The normalized spacial score (nSPS) is 17.9. The van der Waals surface area contributed by atoms with Crippen molar-refractivity contribution in [2.75, 3.05) is 19.8 Å². The van der Waals surface area contributed by atoms with E-state index in [2.05, 4.69) is 33.0 Å². The fraction of sp³-hybridized carbons (Fsp3) is 0.611. The summed E-state index contributed by atoms with van der Waals surface area (Å²) < 4.78 is 11.8. The van der Waals surface area contributed by atoms with Gasteiger partial charge >= 0.3 is 0 Å². The Bertz CT molecular complexity index is 511. The van der Waals surface area contributed by atoms with Crippen LogP contribution in [0.25, 0.3) is 0 Å². The van der Waals surface area contributed by atoms with Gasteiger partial charge in [0.15, 0.2) is 11.5 Å². The van der Waals surface area contributed by atoms with Gasteiger partial charge in [0.2, 0.25) is 5.91 Å². The molecule has 22 heavy (non-hydrogen) atoms. The second-order valence-electron chi connectivity index (χ2n) is 6.82. The molecule has 2 rings (SSSR count). The van der Waals surface area contributed by atoms with Crippen LogP contribution >= 0.6 is 0 Å². The van der Waals surface area contributed by atoms with Crippen molar-refractivity contribution < 1.29 is 14.3 Å². The van der Waals surface area contributed by atoms with Crippen LogP contribution in [0.15, 0.2) is 18.2 Å². The number of nitrogens with one attached hydrogen (secondary N) is 1. The predicted molar refractivity (Wildman–Crippen MR) is 87.5 cm³/mol. The number of hydrogen-bond donors (Lipinski definition) is 1. The van der Waals surface area contributed by atoms with E-state index in [1.165, 1.54) is 0 Å². The van der Waals surface area contributed by atoms with Crippen molar-refractivity contribution >= 4 is 5.91 Å². The number of rotatable bonds is 7. The molecule has 1 atom stereocenters. The van der Waals surface area contributed by atoms with Crippen LogP contribution < -0.4 is 14.8 Å². The van der Waals surface area contributed by atoms with E-state index in [1.807, 2.05) is 18.2 Å². The number of carbonyl (C=O) groups excluding carboxylic acids is 1. The minimum Gasteiger partial charge on any atom is -0.489 e. The van der Waals surface area contributed by atoms with E-state index in [-0.39, 0.29) is 11.8 Å². The standard InChI is InChI=1S/C18H27NO3/c1-12(2)10-21-16-6-5-14(15-8-18(20)19-9-15)7-17(16)22-11-13(3)4/h5-7,12-13,15H,8-11H2,1-4H3,(H,19,20). The lowest BCUT2D eigenvalue weighted by atomic mass is 9.98. The summed E-state index contributed by atoms with van der Waals surface area (Å²) in [5.74, 6) is 2.84. The van der Waals surface area contributed by atoms with Gasteiger partial charge in [-0.05, 0) is 29.5 Å². The molecular formula is C18H27NO3. The van der Waals surface area contributed by atoms with Gasteiger partial charge in [0.05, 0.1) is 13.2 Å². The Morgan fingerprint density at radius 2 is 1.73 bits per heavy atom. The van der Waals surface area contributed by atoms with Crippen LogP contribution in [0.2, 0.25) is 0 Å². The Hall–Kier alpha value is -1.71. The summed E-state index contributed by atoms with van der Waals surface area (Å²) in [5, 5.41) is 2.88. The molecule has 1 N–H and O–H groups in total. The molecule has 0 spiro atoms. The molecule has 1 aromatic rings. The van der Waals surface area contributed by atoms with Crippen LogP contribution in [-0.2, 0) is 4.79 Å². The Balaban J connectivity index is 2.16. The zero-order valence-electron chi connectivity index (χ0n) is 14.0. The predicted octanol–water partition coefficient (Wildman–Crippen LogP) is 3.36. The summed E-state index contributed by atoms with van der Waals surface area (Å²) in [7, 11) is 0. The molecule has 1 fully saturated rings. The monoisotopic (exact) mass is 305 g/mol. The van der Waals surface area contributed by atoms with Crippen LogP contribution in [0, 0.1) is 11.8 Å². The molecule has 4 heteroatoms. The van der Waals surface area contributed by atoms with Crippen LogP contribution in [0.1, 0.15) is 45.6 Å². The van der Waals surface area contributed by atoms with Crippen LogP contribution in [0.4, 0.5) is 0 Å². The van der Waals surface area contributed by atoms with E-state index in [9.17, 15) is 4.79 Å². The van der Waals surface area contributed by atoms with E-state index in [0.29, 0.717) is 38.0 Å². The summed E-state index contributed by atoms with van der Waals surface area (Å²) in [5.41, 5.74) is 1.13. The minimum atomic E-state index is 0.120. The zero-order chi connectivity index (χ0) is 16.1. The SMILES string of the molecule is CC(C)COc1ccc(C2CNC(=O)C2)cc1OCC(C)C. The van der Waals surface area contributed by atoms with Gasteiger partial charge in [-0.1, -0.05) is 33.8 Å². The van der Waals surface area contributed by atoms with Crippen molar-refractivity contribution in [1.82, 2.24) is 5.32 Å². The summed E-state index contributed by atoms with van der Waals surface area (Å²) in [4.78, 5) is 11.4. The highest BCUT2D eigenvalue weighted by Gasteiger charge is 2.24. The molecule has 122 valence electrons. The average molecular weight is 305 g/mol. The fourth-order valence-corrected chi connectivity index (χ4v) is 2.36. The first-order valence-electron chi connectivity index (χ1n) is 8.12. The second-order valence-corrected chi connectivity index (χ2v) is 6.82. The first-order valence-corrected chi connectivity index (χ1v) is 8.12. The van der Waals surface area contributed by atoms with E-state index in [1.54, 1.807) is 0 Å². The first kappa shape index (κ1) is 16.7. The van der Waals surface area contributed by atoms with Crippen molar-refractivity contribution in [3.05, 3.63) is 23.8 Å². The van der Waals surface area contributed by atoms with Gasteiger partial charge in [-0.2, -0.15) is 0 Å². The van der Waals surface area contributed by atoms with E-state index >= 15 is 0 Å². The summed E-state index contributed by atoms with van der Waals surface area (Å²) >= 11 is 0. The highest BCUT2D eigenvalue weighted by Crippen LogP contribution is 2.33. The van der Waals surface area contributed by atoms with E-state index in [0.717, 1.165) is 17.1 Å². The first-order chi connectivity index (χ1) is 10.5. The van der Waals surface area contributed by atoms with Crippen LogP contribution in [-0.4, -0.2) is 25.7 Å². The maximum Gasteiger partial charge on any atom is 0.220 e. The van der Waals surface area contributed by atoms with Crippen molar-refractivity contribution in [3.8, 4) is 11.5 Å². The molecule has 4 nitrogen and oxygen atoms in total. The Morgan fingerprint density at radius 1 is 1.09 bits per heavy atom. The fourth-order valence-electron chi connectivity index (χ4n) is 2.36. The molecule has 0 bridgehead atoms. The molecular weight excluding hydrogens is 278 g/mol. The number of benzene rings is 1. The maximum atomic E-state index is 11.4. The Labute approximate surface area is 133 Å². The largest absolute Gasteiger partial charge is 0.489 e. The summed E-state index contributed by atoms with van der Waals surface area (Å²) in [6, 6.07) is 6.04. The van der Waals surface area contributed by atoms with Gasteiger partial charge in [0.25, 0.3) is 0 Å². The molecule has 1 aromatic carbocycles. The Morgan fingerprint density at radius 3 is 2.27 bits per heavy atom. The van der Waals surface area contributed by atoms with Crippen molar-refractivity contribution in [2.45, 2.75) is 40.0 Å². The van der Waals surface area contributed by atoms with Gasteiger partial charge in [-0.15, -0.1) is 0 Å². The van der Waals surface area contributed by atoms with Crippen LogP contribution in [0.5, 0.6) is 11.5 Å². The van der Waals surface area contributed by atoms with Gasteiger partial charge in [-0.3, -0.25) is 4.79 Å². The molecule has 1 amide bonds. The number of ether oxygens (including phenoxy) is 2. The third-order valence-corrected chi connectivity index (χ3v) is 3.56. The van der Waals surface area contributed by atoms with Gasteiger partial charge < -0.3 is 14.8 Å². The minimum absolute atomic E-state index is 0.120. The second kappa shape index (κ2) is 7.52.